The standard InChI is InChI=1S/C23H26F3N5O5S/c1-22(2)19(30-21(33)34)31-23(3,17-8-9-28-37(17,22)35)14-10-12(4-6-15(14)24)29-18(32)16-7-5-13(11-27-16)36-20(25)26/h4-7,10-11,17,20,28,35H,8-9H2,1-3H3,(H,29,32)(H,30,31)(H,33,34)/t17-,23+/m0/s1. The molecule has 2 aliphatic heterocycles. The summed E-state index contributed by atoms with van der Waals surface area (Å²) < 4.78 is 58.0. The van der Waals surface area contributed by atoms with Gasteiger partial charge in [-0.2, -0.15) is 8.78 Å². The van der Waals surface area contributed by atoms with Crippen LogP contribution in [0, 0.1) is 5.82 Å². The van der Waals surface area contributed by atoms with Crippen molar-refractivity contribution in [1.29, 1.82) is 0 Å². The van der Waals surface area contributed by atoms with Gasteiger partial charge in [0, 0.05) is 17.8 Å². The van der Waals surface area contributed by atoms with Gasteiger partial charge in [-0.05, 0) is 57.5 Å². The van der Waals surface area contributed by atoms with E-state index in [1.54, 1.807) is 20.8 Å². The number of benzene rings is 1. The minimum absolute atomic E-state index is 0.00482. The lowest BCUT2D eigenvalue weighted by atomic mass is 9.85. The SMILES string of the molecule is CC1(C)C(NC(=O)O)=N[C@](C)(c2cc(NC(=O)c3ccc(OC(F)F)cn3)ccc2F)[C@@H]2CCN[S@@]21O. The smallest absolute Gasteiger partial charge is 0.410 e. The fraction of sp³-hybridized carbons (Fsp3) is 0.391. The van der Waals surface area contributed by atoms with Gasteiger partial charge < -0.3 is 19.7 Å². The number of anilines is 1. The van der Waals surface area contributed by atoms with Crippen molar-refractivity contribution in [2.45, 2.75) is 49.3 Å². The zero-order chi connectivity index (χ0) is 27.2. The second kappa shape index (κ2) is 9.50. The van der Waals surface area contributed by atoms with Crippen molar-refractivity contribution in [2.24, 2.45) is 4.99 Å². The molecule has 3 heterocycles. The van der Waals surface area contributed by atoms with Crippen molar-refractivity contribution in [3.63, 3.8) is 0 Å². The summed E-state index contributed by atoms with van der Waals surface area (Å²) in [5.41, 5.74) is -1.23. The third-order valence-corrected chi connectivity index (χ3v) is 10.6. The number of pyridine rings is 1. The van der Waals surface area contributed by atoms with Gasteiger partial charge in [0.25, 0.3) is 5.91 Å². The largest absolute Gasteiger partial charge is 0.465 e. The number of fused-ring (bicyclic) bond motifs is 1. The van der Waals surface area contributed by atoms with E-state index in [0.717, 1.165) is 18.3 Å². The van der Waals surface area contributed by atoms with E-state index in [-0.39, 0.29) is 28.5 Å². The molecule has 1 aromatic heterocycles. The number of aliphatic imine (C=N–C) groups is 1. The number of ether oxygens (including phenoxy) is 1. The van der Waals surface area contributed by atoms with Crippen LogP contribution >= 0.6 is 10.5 Å². The first-order chi connectivity index (χ1) is 17.3. The third kappa shape index (κ3) is 4.71. The van der Waals surface area contributed by atoms with Gasteiger partial charge in [-0.3, -0.25) is 19.8 Å². The summed E-state index contributed by atoms with van der Waals surface area (Å²) >= 11 is 0. The highest BCUT2D eigenvalue weighted by molar-refractivity contribution is 8.29. The van der Waals surface area contributed by atoms with Crippen LogP contribution in [-0.4, -0.2) is 55.6 Å². The molecule has 0 unspecified atom stereocenters. The average Bonchev–Trinajstić information content (AvgIpc) is 3.23. The van der Waals surface area contributed by atoms with Gasteiger partial charge in [0.15, 0.2) is 0 Å². The highest BCUT2D eigenvalue weighted by atomic mass is 32.3. The summed E-state index contributed by atoms with van der Waals surface area (Å²) in [6.07, 6.45) is 0.0695. The minimum Gasteiger partial charge on any atom is -0.465 e. The van der Waals surface area contributed by atoms with E-state index in [0.29, 0.717) is 13.0 Å². The summed E-state index contributed by atoms with van der Waals surface area (Å²) in [5.74, 6) is -1.56. The Morgan fingerprint density at radius 1 is 1.22 bits per heavy atom. The Hall–Kier alpha value is -3.36. The van der Waals surface area contributed by atoms with Crippen LogP contribution in [0.5, 0.6) is 5.75 Å². The van der Waals surface area contributed by atoms with Gasteiger partial charge in [-0.1, -0.05) is 10.5 Å². The fourth-order valence-corrected chi connectivity index (χ4v) is 8.14. The summed E-state index contributed by atoms with van der Waals surface area (Å²) in [5, 5.41) is 13.7. The van der Waals surface area contributed by atoms with E-state index in [9.17, 15) is 28.0 Å². The molecular formula is C23H26F3N5O5S. The Morgan fingerprint density at radius 2 is 1.95 bits per heavy atom. The number of aromatic nitrogens is 1. The van der Waals surface area contributed by atoms with Crippen LogP contribution in [0.3, 0.4) is 0 Å². The zero-order valence-electron chi connectivity index (χ0n) is 20.1. The topological polar surface area (TPSA) is 145 Å². The number of carbonyl (C=O) groups excluding carboxylic acids is 1. The highest BCUT2D eigenvalue weighted by Gasteiger charge is 2.61. The summed E-state index contributed by atoms with van der Waals surface area (Å²) in [6, 6.07) is 6.20. The lowest BCUT2D eigenvalue weighted by Gasteiger charge is -2.56. The van der Waals surface area contributed by atoms with E-state index in [1.165, 1.54) is 18.2 Å². The molecule has 1 saturated heterocycles. The molecule has 10 nitrogen and oxygen atoms in total. The number of rotatable bonds is 5. The number of amidine groups is 1. The van der Waals surface area contributed by atoms with Gasteiger partial charge >= 0.3 is 12.7 Å². The van der Waals surface area contributed by atoms with E-state index >= 15 is 4.39 Å². The Morgan fingerprint density at radius 3 is 2.57 bits per heavy atom. The lowest BCUT2D eigenvalue weighted by Crippen LogP contribution is -2.59. The van der Waals surface area contributed by atoms with Gasteiger partial charge in [-0.25, -0.2) is 14.2 Å². The Balaban J connectivity index is 1.70. The van der Waals surface area contributed by atoms with Gasteiger partial charge in [0.1, 0.15) is 28.6 Å². The summed E-state index contributed by atoms with van der Waals surface area (Å²) in [6.45, 7) is 2.38. The molecule has 200 valence electrons. The van der Waals surface area contributed by atoms with Crippen LogP contribution in [0.1, 0.15) is 43.2 Å². The number of alkyl halides is 2. The first-order valence-electron chi connectivity index (χ1n) is 11.2. The van der Waals surface area contributed by atoms with E-state index < -0.39 is 50.5 Å². The van der Waals surface area contributed by atoms with Gasteiger partial charge in [0.2, 0.25) is 0 Å². The lowest BCUT2D eigenvalue weighted by molar-refractivity contribution is -0.0500. The van der Waals surface area contributed by atoms with Crippen molar-refractivity contribution in [2.75, 3.05) is 11.9 Å². The zero-order valence-corrected chi connectivity index (χ0v) is 20.9. The first kappa shape index (κ1) is 26.7. The number of nitrogens with one attached hydrogen (secondary N) is 3. The molecule has 0 saturated carbocycles. The number of amides is 2. The molecule has 3 atom stereocenters. The minimum atomic E-state index is -3.03. The van der Waals surface area contributed by atoms with Crippen LogP contribution < -0.4 is 20.1 Å². The molecule has 2 amide bonds. The number of carbonyl (C=O) groups is 2. The summed E-state index contributed by atoms with van der Waals surface area (Å²) in [7, 11) is -2.72. The van der Waals surface area contributed by atoms with Crippen molar-refractivity contribution in [1.82, 2.24) is 15.0 Å². The molecule has 0 bridgehead atoms. The number of halogens is 3. The van der Waals surface area contributed by atoms with Crippen molar-refractivity contribution in [3.05, 3.63) is 53.6 Å². The number of hydrogen-bond donors (Lipinski definition) is 5. The van der Waals surface area contributed by atoms with Crippen molar-refractivity contribution >= 4 is 34.0 Å². The Kier molecular flexibility index (Phi) is 6.86. The molecule has 1 aromatic carbocycles. The van der Waals surface area contributed by atoms with Crippen molar-refractivity contribution < 1.29 is 37.2 Å². The molecule has 14 heteroatoms. The molecule has 4 rings (SSSR count). The van der Waals surface area contributed by atoms with Crippen LogP contribution in [0.2, 0.25) is 0 Å². The number of hydrogen-bond acceptors (Lipinski definition) is 7. The normalized spacial score (nSPS) is 26.3. The van der Waals surface area contributed by atoms with Crippen LogP contribution in [0.4, 0.5) is 23.7 Å². The predicted octanol–water partition coefficient (Wildman–Crippen LogP) is 4.30. The second-order valence-corrected chi connectivity index (χ2v) is 12.4. The maximum Gasteiger partial charge on any atom is 0.410 e. The van der Waals surface area contributed by atoms with E-state index in [4.69, 9.17) is 0 Å². The fourth-order valence-electron chi connectivity index (χ4n) is 4.74. The molecule has 0 aliphatic carbocycles. The van der Waals surface area contributed by atoms with E-state index in [2.05, 4.69) is 30.1 Å². The van der Waals surface area contributed by atoms with Crippen LogP contribution in [0.25, 0.3) is 0 Å². The molecule has 5 N–H and O–H groups in total. The molecule has 0 radical (unpaired) electrons. The molecular weight excluding hydrogens is 515 g/mol. The quantitative estimate of drug-likeness (QED) is 0.379. The second-order valence-electron chi connectivity index (χ2n) is 9.25. The average molecular weight is 542 g/mol. The molecule has 2 aliphatic rings. The highest BCUT2D eigenvalue weighted by Crippen LogP contribution is 2.67. The van der Waals surface area contributed by atoms with E-state index in [1.807, 2.05) is 0 Å². The number of nitrogens with zero attached hydrogens (tertiary/aromatic N) is 2. The molecule has 0 spiro atoms. The Bertz CT molecular complexity index is 1260. The van der Waals surface area contributed by atoms with Crippen LogP contribution in [-0.2, 0) is 5.54 Å². The van der Waals surface area contributed by atoms with Crippen molar-refractivity contribution in [3.8, 4) is 5.75 Å². The molecule has 2 aromatic rings. The molecule has 1 fully saturated rings. The summed E-state index contributed by atoms with van der Waals surface area (Å²) in [4.78, 5) is 32.6. The van der Waals surface area contributed by atoms with Gasteiger partial charge in [-0.15, -0.1) is 0 Å². The maximum absolute atomic E-state index is 15.3. The molecule has 37 heavy (non-hydrogen) atoms. The van der Waals surface area contributed by atoms with Crippen LogP contribution in [0.15, 0.2) is 41.5 Å². The Labute approximate surface area is 212 Å². The first-order valence-corrected chi connectivity index (χ1v) is 12.8. The maximum atomic E-state index is 15.3. The van der Waals surface area contributed by atoms with Gasteiger partial charge in [0.05, 0.1) is 16.2 Å². The predicted molar refractivity (Wildman–Crippen MR) is 132 cm³/mol. The number of carboxylic acid groups (broad SMARTS) is 1. The monoisotopic (exact) mass is 541 g/mol. The third-order valence-electron chi connectivity index (χ3n) is 6.65.